The third kappa shape index (κ3) is 3.66. The number of aryl methyl sites for hydroxylation is 1. The first-order chi connectivity index (χ1) is 9.45. The van der Waals surface area contributed by atoms with Crippen molar-refractivity contribution in [3.05, 3.63) is 34.1 Å². The quantitative estimate of drug-likeness (QED) is 0.903. The summed E-state index contributed by atoms with van der Waals surface area (Å²) in [7, 11) is 0. The lowest BCUT2D eigenvalue weighted by Gasteiger charge is -2.03. The second kappa shape index (κ2) is 6.17. The van der Waals surface area contributed by atoms with Gasteiger partial charge in [-0.05, 0) is 36.6 Å². The van der Waals surface area contributed by atoms with Crippen LogP contribution in [-0.2, 0) is 11.2 Å². The van der Waals surface area contributed by atoms with Crippen LogP contribution in [0.1, 0.15) is 24.8 Å². The summed E-state index contributed by atoms with van der Waals surface area (Å²) < 4.78 is 6.61. The lowest BCUT2D eigenvalue weighted by molar-refractivity contribution is -0.137. The summed E-state index contributed by atoms with van der Waals surface area (Å²) in [5, 5.41) is 16.7. The van der Waals surface area contributed by atoms with Gasteiger partial charge in [0.05, 0.1) is 0 Å². The monoisotopic (exact) mass is 338 g/mol. The van der Waals surface area contributed by atoms with E-state index in [0.29, 0.717) is 18.2 Å². The summed E-state index contributed by atoms with van der Waals surface area (Å²) in [6.45, 7) is 3.83. The summed E-state index contributed by atoms with van der Waals surface area (Å²) >= 11 is 3.44. The largest absolute Gasteiger partial charge is 0.481 e. The van der Waals surface area contributed by atoms with Crippen LogP contribution in [0, 0.1) is 12.8 Å². The van der Waals surface area contributed by atoms with Gasteiger partial charge < -0.3 is 9.52 Å². The number of carboxylic acid groups (broad SMARTS) is 1. The summed E-state index contributed by atoms with van der Waals surface area (Å²) in [4.78, 5) is 10.6. The van der Waals surface area contributed by atoms with Crippen molar-refractivity contribution in [2.24, 2.45) is 5.92 Å². The molecule has 1 aromatic heterocycles. The van der Waals surface area contributed by atoms with E-state index in [1.807, 2.05) is 32.0 Å². The van der Waals surface area contributed by atoms with E-state index in [1.165, 1.54) is 0 Å². The van der Waals surface area contributed by atoms with Crippen LogP contribution in [0.2, 0.25) is 0 Å². The van der Waals surface area contributed by atoms with E-state index in [1.54, 1.807) is 0 Å². The fourth-order valence-electron chi connectivity index (χ4n) is 1.90. The predicted octanol–water partition coefficient (Wildman–Crippen LogP) is 3.46. The minimum absolute atomic E-state index is 0.0348. The summed E-state index contributed by atoms with van der Waals surface area (Å²) in [5.41, 5.74) is 1.94. The van der Waals surface area contributed by atoms with Crippen LogP contribution >= 0.6 is 15.9 Å². The molecule has 106 valence electrons. The van der Waals surface area contributed by atoms with E-state index in [0.717, 1.165) is 15.6 Å². The Bertz CT molecular complexity index is 625. The van der Waals surface area contributed by atoms with Gasteiger partial charge in [0.1, 0.15) is 0 Å². The normalized spacial score (nSPS) is 12.3. The number of rotatable bonds is 5. The summed E-state index contributed by atoms with van der Waals surface area (Å²) in [6, 6.07) is 5.79. The van der Waals surface area contributed by atoms with Gasteiger partial charge in [0.25, 0.3) is 0 Å². The van der Waals surface area contributed by atoms with Gasteiger partial charge >= 0.3 is 5.97 Å². The van der Waals surface area contributed by atoms with Gasteiger partial charge in [0.2, 0.25) is 11.8 Å². The van der Waals surface area contributed by atoms with Crippen LogP contribution in [0.3, 0.4) is 0 Å². The molecule has 0 aliphatic rings. The molecule has 1 unspecified atom stereocenters. The van der Waals surface area contributed by atoms with Crippen molar-refractivity contribution in [1.82, 2.24) is 10.2 Å². The van der Waals surface area contributed by atoms with Crippen molar-refractivity contribution in [2.45, 2.75) is 26.7 Å². The Balaban J connectivity index is 2.12. The molecule has 2 rings (SSSR count). The number of aromatic nitrogens is 2. The van der Waals surface area contributed by atoms with Crippen molar-refractivity contribution >= 4 is 21.9 Å². The highest BCUT2D eigenvalue weighted by molar-refractivity contribution is 9.10. The SMILES string of the molecule is Cc1cc(-c2nnc(CC(C)CC(=O)O)o2)ccc1Br. The number of benzene rings is 1. The lowest BCUT2D eigenvalue weighted by Crippen LogP contribution is -2.07. The maximum atomic E-state index is 10.6. The second-order valence-corrected chi connectivity index (χ2v) is 5.73. The highest BCUT2D eigenvalue weighted by Gasteiger charge is 2.14. The van der Waals surface area contributed by atoms with Crippen molar-refractivity contribution in [3.63, 3.8) is 0 Å². The molecular weight excluding hydrogens is 324 g/mol. The van der Waals surface area contributed by atoms with Gasteiger partial charge in [-0.25, -0.2) is 0 Å². The fraction of sp³-hybridized carbons (Fsp3) is 0.357. The number of carbonyl (C=O) groups is 1. The van der Waals surface area contributed by atoms with E-state index in [2.05, 4.69) is 26.1 Å². The molecule has 1 aromatic carbocycles. The third-order valence-electron chi connectivity index (χ3n) is 2.92. The summed E-state index contributed by atoms with van der Waals surface area (Å²) in [5.74, 6) is 0.0701. The van der Waals surface area contributed by atoms with Gasteiger partial charge in [-0.1, -0.05) is 22.9 Å². The van der Waals surface area contributed by atoms with Gasteiger partial charge in [0, 0.05) is 22.9 Å². The average molecular weight is 339 g/mol. The molecule has 1 atom stereocenters. The minimum atomic E-state index is -0.819. The molecule has 20 heavy (non-hydrogen) atoms. The molecule has 0 spiro atoms. The van der Waals surface area contributed by atoms with Gasteiger partial charge in [0.15, 0.2) is 0 Å². The number of halogens is 1. The Labute approximate surface area is 125 Å². The van der Waals surface area contributed by atoms with Crippen LogP contribution in [-0.4, -0.2) is 21.3 Å². The molecule has 0 fully saturated rings. The molecule has 0 saturated carbocycles. The molecule has 1 heterocycles. The third-order valence-corrected chi connectivity index (χ3v) is 3.81. The van der Waals surface area contributed by atoms with E-state index in [-0.39, 0.29) is 12.3 Å². The molecule has 0 aliphatic heterocycles. The van der Waals surface area contributed by atoms with Crippen LogP contribution in [0.25, 0.3) is 11.5 Å². The maximum absolute atomic E-state index is 10.6. The van der Waals surface area contributed by atoms with Gasteiger partial charge in [-0.3, -0.25) is 4.79 Å². The van der Waals surface area contributed by atoms with Crippen LogP contribution < -0.4 is 0 Å². The van der Waals surface area contributed by atoms with Gasteiger partial charge in [-0.15, -0.1) is 10.2 Å². The van der Waals surface area contributed by atoms with E-state index >= 15 is 0 Å². The molecule has 0 saturated heterocycles. The molecule has 0 bridgehead atoms. The number of hydrogen-bond donors (Lipinski definition) is 1. The Hall–Kier alpha value is -1.69. The van der Waals surface area contributed by atoms with E-state index in [9.17, 15) is 4.79 Å². The van der Waals surface area contributed by atoms with E-state index in [4.69, 9.17) is 9.52 Å². The number of hydrogen-bond acceptors (Lipinski definition) is 4. The highest BCUT2D eigenvalue weighted by atomic mass is 79.9. The minimum Gasteiger partial charge on any atom is -0.481 e. The average Bonchev–Trinajstić information content (AvgIpc) is 2.80. The fourth-order valence-corrected chi connectivity index (χ4v) is 2.15. The summed E-state index contributed by atoms with van der Waals surface area (Å²) in [6.07, 6.45) is 0.559. The van der Waals surface area contributed by atoms with Crippen molar-refractivity contribution < 1.29 is 14.3 Å². The van der Waals surface area contributed by atoms with Crippen molar-refractivity contribution in [3.8, 4) is 11.5 Å². The zero-order valence-corrected chi connectivity index (χ0v) is 12.8. The lowest BCUT2D eigenvalue weighted by atomic mass is 10.0. The molecule has 0 radical (unpaired) electrons. The van der Waals surface area contributed by atoms with Crippen molar-refractivity contribution in [1.29, 1.82) is 0 Å². The smallest absolute Gasteiger partial charge is 0.303 e. The van der Waals surface area contributed by atoms with E-state index < -0.39 is 5.97 Å². The first kappa shape index (κ1) is 14.7. The topological polar surface area (TPSA) is 76.2 Å². The molecule has 6 heteroatoms. The number of aliphatic carboxylic acids is 1. The number of carboxylic acids is 1. The molecule has 2 aromatic rings. The first-order valence-corrected chi connectivity index (χ1v) is 7.05. The molecule has 5 nitrogen and oxygen atoms in total. The van der Waals surface area contributed by atoms with Crippen LogP contribution in [0.4, 0.5) is 0 Å². The van der Waals surface area contributed by atoms with Crippen molar-refractivity contribution in [2.75, 3.05) is 0 Å². The predicted molar refractivity (Wildman–Crippen MR) is 77.3 cm³/mol. The maximum Gasteiger partial charge on any atom is 0.303 e. The molecule has 0 amide bonds. The Morgan fingerprint density at radius 1 is 1.45 bits per heavy atom. The first-order valence-electron chi connectivity index (χ1n) is 6.26. The zero-order valence-electron chi connectivity index (χ0n) is 11.3. The zero-order chi connectivity index (χ0) is 14.7. The Morgan fingerprint density at radius 2 is 2.20 bits per heavy atom. The number of nitrogens with zero attached hydrogens (tertiary/aromatic N) is 2. The molecule has 1 N–H and O–H groups in total. The van der Waals surface area contributed by atoms with Crippen LogP contribution in [0.15, 0.2) is 27.1 Å². The van der Waals surface area contributed by atoms with Gasteiger partial charge in [-0.2, -0.15) is 0 Å². The Kier molecular flexibility index (Phi) is 4.54. The standard InChI is InChI=1S/C14H15BrN2O3/c1-8(6-13(18)19)5-12-16-17-14(20-12)10-3-4-11(15)9(2)7-10/h3-4,7-8H,5-6H2,1-2H3,(H,18,19). The Morgan fingerprint density at radius 3 is 2.85 bits per heavy atom. The molecule has 0 aliphatic carbocycles. The highest BCUT2D eigenvalue weighted by Crippen LogP contribution is 2.24. The van der Waals surface area contributed by atoms with Crippen LogP contribution in [0.5, 0.6) is 0 Å². The molecular formula is C14H15BrN2O3. The second-order valence-electron chi connectivity index (χ2n) is 4.87.